The van der Waals surface area contributed by atoms with Crippen LogP contribution in [0.5, 0.6) is 0 Å². The molecule has 0 amide bonds. The monoisotopic (exact) mass is 1070 g/mol. The number of ether oxygens (including phenoxy) is 3. The summed E-state index contributed by atoms with van der Waals surface area (Å²) in [7, 11) is 0. The third-order valence-corrected chi connectivity index (χ3v) is 15.4. The Balaban J connectivity index is 4.18. The van der Waals surface area contributed by atoms with E-state index in [0.29, 0.717) is 19.3 Å². The summed E-state index contributed by atoms with van der Waals surface area (Å²) in [5.41, 5.74) is 0. The normalized spacial score (nSPS) is 12.2. The molecule has 1 atom stereocenters. The number of carbonyl (C=O) groups is 3. The molecule has 0 aromatic heterocycles. The van der Waals surface area contributed by atoms with Crippen molar-refractivity contribution in [3.8, 4) is 0 Å². The predicted octanol–water partition coefficient (Wildman–Crippen LogP) is 23.2. The van der Waals surface area contributed by atoms with Gasteiger partial charge in [0.25, 0.3) is 0 Å². The Morgan fingerprint density at radius 1 is 0.263 bits per heavy atom. The van der Waals surface area contributed by atoms with Crippen molar-refractivity contribution in [1.29, 1.82) is 0 Å². The Labute approximate surface area is 474 Å². The van der Waals surface area contributed by atoms with E-state index in [-0.39, 0.29) is 31.1 Å². The summed E-state index contributed by atoms with van der Waals surface area (Å²) >= 11 is 0. The van der Waals surface area contributed by atoms with E-state index in [4.69, 9.17) is 14.2 Å². The molecule has 0 aliphatic carbocycles. The van der Waals surface area contributed by atoms with Crippen molar-refractivity contribution in [2.24, 2.45) is 0 Å². The minimum absolute atomic E-state index is 0.0654. The molecule has 0 saturated carbocycles. The lowest BCUT2D eigenvalue weighted by atomic mass is 10.0. The smallest absolute Gasteiger partial charge is 0.306 e. The van der Waals surface area contributed by atoms with Crippen molar-refractivity contribution in [3.63, 3.8) is 0 Å². The van der Waals surface area contributed by atoms with E-state index in [1.807, 2.05) is 0 Å². The Hall–Kier alpha value is -2.37. The maximum atomic E-state index is 12.9. The van der Waals surface area contributed by atoms with Gasteiger partial charge in [-0.25, -0.2) is 0 Å². The largest absolute Gasteiger partial charge is 0.462 e. The lowest BCUT2D eigenvalue weighted by molar-refractivity contribution is -0.167. The summed E-state index contributed by atoms with van der Waals surface area (Å²) in [4.78, 5) is 38.3. The van der Waals surface area contributed by atoms with Crippen molar-refractivity contribution in [2.75, 3.05) is 13.2 Å². The average molecular weight is 1070 g/mol. The van der Waals surface area contributed by atoms with Crippen LogP contribution in [0.4, 0.5) is 0 Å². The number of hydrogen-bond acceptors (Lipinski definition) is 6. The molecule has 0 heterocycles. The number of hydrogen-bond donors (Lipinski definition) is 0. The summed E-state index contributed by atoms with van der Waals surface area (Å²) < 4.78 is 17.0. The molecule has 0 aromatic rings. The van der Waals surface area contributed by atoms with Gasteiger partial charge in [-0.2, -0.15) is 0 Å². The van der Waals surface area contributed by atoms with Gasteiger partial charge in [-0.3, -0.25) is 14.4 Å². The van der Waals surface area contributed by atoms with Gasteiger partial charge in [0.2, 0.25) is 0 Å². The highest BCUT2D eigenvalue weighted by Gasteiger charge is 2.19. The molecule has 0 spiro atoms. The van der Waals surface area contributed by atoms with Crippen molar-refractivity contribution in [2.45, 2.75) is 380 Å². The van der Waals surface area contributed by atoms with Crippen LogP contribution >= 0.6 is 0 Å². The number of esters is 3. The van der Waals surface area contributed by atoms with Gasteiger partial charge in [0, 0.05) is 19.3 Å². The first-order valence-corrected chi connectivity index (χ1v) is 34.0. The first-order valence-electron chi connectivity index (χ1n) is 34.0. The molecule has 76 heavy (non-hydrogen) atoms. The van der Waals surface area contributed by atoms with Gasteiger partial charge in [0.15, 0.2) is 6.10 Å². The van der Waals surface area contributed by atoms with Gasteiger partial charge in [0.05, 0.1) is 0 Å². The van der Waals surface area contributed by atoms with Gasteiger partial charge < -0.3 is 14.2 Å². The second-order valence-corrected chi connectivity index (χ2v) is 23.1. The van der Waals surface area contributed by atoms with Crippen molar-refractivity contribution >= 4 is 17.9 Å². The van der Waals surface area contributed by atoms with E-state index in [0.717, 1.165) is 70.6 Å². The molecule has 0 saturated heterocycles. The SMILES string of the molecule is CCCCCCC/C=C\C/C=C\C/C=C\CCCCCCCCCCCCCCCCC(=O)OCC(COC(=O)CCCCCCCCCCCCCCC)OC(=O)CCCCCCCCCCCCCCCCCC. The molecule has 0 radical (unpaired) electrons. The third-order valence-electron chi connectivity index (χ3n) is 15.4. The zero-order valence-corrected chi connectivity index (χ0v) is 51.3. The molecule has 446 valence electrons. The topological polar surface area (TPSA) is 78.9 Å². The molecule has 0 N–H and O–H groups in total. The maximum absolute atomic E-state index is 12.9. The van der Waals surface area contributed by atoms with E-state index >= 15 is 0 Å². The molecule has 0 aromatic carbocycles. The molecule has 1 unspecified atom stereocenters. The lowest BCUT2D eigenvalue weighted by Gasteiger charge is -2.18. The summed E-state index contributed by atoms with van der Waals surface area (Å²) in [5.74, 6) is -0.838. The van der Waals surface area contributed by atoms with Gasteiger partial charge in [-0.15, -0.1) is 0 Å². The first kappa shape index (κ1) is 73.6. The van der Waals surface area contributed by atoms with Gasteiger partial charge in [0.1, 0.15) is 13.2 Å². The zero-order chi connectivity index (χ0) is 55.0. The van der Waals surface area contributed by atoms with Crippen LogP contribution in [-0.2, 0) is 28.6 Å². The molecule has 0 rings (SSSR count). The second kappa shape index (κ2) is 65.2. The first-order chi connectivity index (χ1) is 37.5. The molecule has 0 aliphatic heterocycles. The van der Waals surface area contributed by atoms with Crippen molar-refractivity contribution in [3.05, 3.63) is 36.5 Å². The van der Waals surface area contributed by atoms with Crippen molar-refractivity contribution in [1.82, 2.24) is 0 Å². The Bertz CT molecular complexity index is 1270. The predicted molar refractivity (Wildman–Crippen MR) is 330 cm³/mol. The number of carbonyl (C=O) groups excluding carboxylic acids is 3. The standard InChI is InChI=1S/C70H130O6/c1-4-7-10-13-16-19-22-25-27-29-30-31-32-33-34-35-36-37-38-39-40-41-43-45-48-51-54-57-60-63-69(72)75-66-67(65-74-68(71)62-59-56-53-50-47-44-24-21-18-15-12-9-6-3)76-70(73)64-61-58-55-52-49-46-42-28-26-23-20-17-14-11-8-5-2/h22,25,29-30,32-33,67H,4-21,23-24,26-28,31,34-66H2,1-3H3/b25-22-,30-29-,33-32-. The molecular weight excluding hydrogens is 937 g/mol. The minimum Gasteiger partial charge on any atom is -0.462 e. The Morgan fingerprint density at radius 3 is 0.737 bits per heavy atom. The Morgan fingerprint density at radius 2 is 0.474 bits per heavy atom. The molecule has 6 nitrogen and oxygen atoms in total. The summed E-state index contributed by atoms with van der Waals surface area (Å²) in [6.07, 6.45) is 80.2. The molecule has 0 aliphatic rings. The molecule has 0 bridgehead atoms. The van der Waals surface area contributed by atoms with Gasteiger partial charge in [-0.05, 0) is 57.8 Å². The van der Waals surface area contributed by atoms with E-state index < -0.39 is 6.10 Å². The van der Waals surface area contributed by atoms with Crippen LogP contribution in [0.1, 0.15) is 374 Å². The fourth-order valence-corrected chi connectivity index (χ4v) is 10.3. The molecule has 0 fully saturated rings. The zero-order valence-electron chi connectivity index (χ0n) is 51.3. The summed E-state index contributed by atoms with van der Waals surface area (Å²) in [6, 6.07) is 0. The number of rotatable bonds is 63. The second-order valence-electron chi connectivity index (χ2n) is 23.1. The molecular formula is C70H130O6. The van der Waals surface area contributed by atoms with Crippen LogP contribution in [0.25, 0.3) is 0 Å². The van der Waals surface area contributed by atoms with E-state index in [1.54, 1.807) is 0 Å². The quantitative estimate of drug-likeness (QED) is 0.0261. The van der Waals surface area contributed by atoms with E-state index in [9.17, 15) is 14.4 Å². The highest BCUT2D eigenvalue weighted by atomic mass is 16.6. The van der Waals surface area contributed by atoms with Crippen LogP contribution in [0.3, 0.4) is 0 Å². The van der Waals surface area contributed by atoms with Crippen LogP contribution < -0.4 is 0 Å². The Kier molecular flexibility index (Phi) is 63.1. The molecule has 6 heteroatoms. The van der Waals surface area contributed by atoms with Crippen LogP contribution in [-0.4, -0.2) is 37.2 Å². The summed E-state index contributed by atoms with van der Waals surface area (Å²) in [5, 5.41) is 0. The van der Waals surface area contributed by atoms with Crippen LogP contribution in [0, 0.1) is 0 Å². The van der Waals surface area contributed by atoms with Gasteiger partial charge in [-0.1, -0.05) is 333 Å². The minimum atomic E-state index is -0.768. The lowest BCUT2D eigenvalue weighted by Crippen LogP contribution is -2.30. The third kappa shape index (κ3) is 62.5. The van der Waals surface area contributed by atoms with Crippen LogP contribution in [0.2, 0.25) is 0 Å². The van der Waals surface area contributed by atoms with E-state index in [1.165, 1.54) is 263 Å². The van der Waals surface area contributed by atoms with Crippen molar-refractivity contribution < 1.29 is 28.6 Å². The average Bonchev–Trinajstić information content (AvgIpc) is 3.42. The fraction of sp³-hybridized carbons (Fsp3) is 0.871. The summed E-state index contributed by atoms with van der Waals surface area (Å²) in [6.45, 7) is 6.69. The highest BCUT2D eigenvalue weighted by Crippen LogP contribution is 2.18. The van der Waals surface area contributed by atoms with E-state index in [2.05, 4.69) is 57.2 Å². The highest BCUT2D eigenvalue weighted by molar-refractivity contribution is 5.71. The van der Waals surface area contributed by atoms with Gasteiger partial charge >= 0.3 is 17.9 Å². The number of allylic oxidation sites excluding steroid dienone is 6. The van der Waals surface area contributed by atoms with Crippen LogP contribution in [0.15, 0.2) is 36.5 Å². The number of unbranched alkanes of at least 4 members (excludes halogenated alkanes) is 46. The fourth-order valence-electron chi connectivity index (χ4n) is 10.3. The maximum Gasteiger partial charge on any atom is 0.306 e.